The van der Waals surface area contributed by atoms with E-state index in [1.165, 1.54) is 10.9 Å². The zero-order valence-electron chi connectivity index (χ0n) is 16.7. The van der Waals surface area contributed by atoms with Gasteiger partial charge in [0.25, 0.3) is 0 Å². The van der Waals surface area contributed by atoms with Gasteiger partial charge in [-0.1, -0.05) is 18.2 Å². The fraction of sp³-hybridized carbons (Fsp3) is 0.550. The SMILES string of the molecule is COCC1CCN(C/C=C/c2ccc(C(F)(F)F)cc2Cn2nnc(C)n2)CC1. The van der Waals surface area contributed by atoms with E-state index in [1.54, 1.807) is 14.0 Å². The molecule has 0 spiro atoms. The highest BCUT2D eigenvalue weighted by atomic mass is 19.4. The van der Waals surface area contributed by atoms with Crippen molar-refractivity contribution in [1.29, 1.82) is 0 Å². The third-order valence-electron chi connectivity index (χ3n) is 5.11. The number of nitrogens with zero attached hydrogens (tertiary/aromatic N) is 5. The van der Waals surface area contributed by atoms with E-state index in [0.717, 1.165) is 56.8 Å². The van der Waals surface area contributed by atoms with Gasteiger partial charge in [-0.2, -0.15) is 18.0 Å². The monoisotopic (exact) mass is 409 g/mol. The van der Waals surface area contributed by atoms with Crippen LogP contribution < -0.4 is 0 Å². The number of ether oxygens (including phenoxy) is 1. The standard InChI is InChI=1S/C20H26F3N5O/c1-15-24-26-28(25-15)13-18-12-19(20(21,22)23)6-5-17(18)4-3-9-27-10-7-16(8-11-27)14-29-2/h3-6,12,16H,7-11,13-14H2,1-2H3/b4-3+. The maximum absolute atomic E-state index is 13.1. The third kappa shape index (κ3) is 6.11. The zero-order valence-corrected chi connectivity index (χ0v) is 16.7. The first kappa shape index (κ1) is 21.4. The molecule has 3 rings (SSSR count). The normalized spacial score (nSPS) is 16.7. The summed E-state index contributed by atoms with van der Waals surface area (Å²) < 4.78 is 44.6. The average molecular weight is 409 g/mol. The van der Waals surface area contributed by atoms with E-state index in [-0.39, 0.29) is 6.54 Å². The first-order valence-corrected chi connectivity index (χ1v) is 9.67. The molecule has 2 aromatic rings. The summed E-state index contributed by atoms with van der Waals surface area (Å²) in [5.74, 6) is 1.09. The molecule has 0 bridgehead atoms. The van der Waals surface area contributed by atoms with Crippen LogP contribution in [0.4, 0.5) is 13.2 Å². The molecule has 6 nitrogen and oxygen atoms in total. The highest BCUT2D eigenvalue weighted by Crippen LogP contribution is 2.31. The second-order valence-electron chi connectivity index (χ2n) is 7.38. The molecule has 1 aliphatic heterocycles. The van der Waals surface area contributed by atoms with Crippen LogP contribution in [0.3, 0.4) is 0 Å². The van der Waals surface area contributed by atoms with Crippen LogP contribution in [0.5, 0.6) is 0 Å². The van der Waals surface area contributed by atoms with Crippen molar-refractivity contribution in [3.05, 3.63) is 46.8 Å². The highest BCUT2D eigenvalue weighted by molar-refractivity contribution is 5.55. The van der Waals surface area contributed by atoms with Crippen LogP contribution in [0.2, 0.25) is 0 Å². The lowest BCUT2D eigenvalue weighted by Gasteiger charge is -2.30. The van der Waals surface area contributed by atoms with Crippen molar-refractivity contribution in [1.82, 2.24) is 25.1 Å². The van der Waals surface area contributed by atoms with E-state index in [4.69, 9.17) is 4.74 Å². The van der Waals surface area contributed by atoms with E-state index in [9.17, 15) is 13.2 Å². The molecule has 0 atom stereocenters. The van der Waals surface area contributed by atoms with Crippen LogP contribution in [-0.2, 0) is 17.5 Å². The van der Waals surface area contributed by atoms with Gasteiger partial charge in [-0.25, -0.2) is 0 Å². The molecule has 1 aromatic carbocycles. The smallest absolute Gasteiger partial charge is 0.384 e. The van der Waals surface area contributed by atoms with Gasteiger partial charge in [0, 0.05) is 20.3 Å². The molecule has 2 heterocycles. The number of benzene rings is 1. The number of piperidine rings is 1. The molecule has 9 heteroatoms. The zero-order chi connectivity index (χ0) is 20.9. The van der Waals surface area contributed by atoms with Crippen molar-refractivity contribution in [2.75, 3.05) is 33.4 Å². The summed E-state index contributed by atoms with van der Waals surface area (Å²) in [4.78, 5) is 3.65. The molecule has 1 aliphatic rings. The van der Waals surface area contributed by atoms with Crippen LogP contribution >= 0.6 is 0 Å². The topological polar surface area (TPSA) is 56.1 Å². The predicted octanol–water partition coefficient (Wildman–Crippen LogP) is 3.42. The summed E-state index contributed by atoms with van der Waals surface area (Å²) in [6, 6.07) is 3.78. The van der Waals surface area contributed by atoms with Crippen LogP contribution in [0, 0.1) is 12.8 Å². The van der Waals surface area contributed by atoms with Crippen molar-refractivity contribution in [3.8, 4) is 0 Å². The van der Waals surface area contributed by atoms with Crippen molar-refractivity contribution >= 4 is 6.08 Å². The Morgan fingerprint density at radius 2 is 2.00 bits per heavy atom. The van der Waals surface area contributed by atoms with Crippen LogP contribution in [-0.4, -0.2) is 58.5 Å². The summed E-state index contributed by atoms with van der Waals surface area (Å²) in [6.45, 7) is 5.38. The summed E-state index contributed by atoms with van der Waals surface area (Å²) in [5.41, 5.74) is 0.552. The maximum Gasteiger partial charge on any atom is 0.416 e. The number of alkyl halides is 3. The van der Waals surface area contributed by atoms with Gasteiger partial charge in [0.1, 0.15) is 0 Å². The lowest BCUT2D eigenvalue weighted by atomic mass is 9.98. The van der Waals surface area contributed by atoms with Crippen molar-refractivity contribution in [2.24, 2.45) is 5.92 Å². The third-order valence-corrected chi connectivity index (χ3v) is 5.11. The second-order valence-corrected chi connectivity index (χ2v) is 7.38. The van der Waals surface area contributed by atoms with E-state index in [2.05, 4.69) is 20.3 Å². The van der Waals surface area contributed by atoms with Gasteiger partial charge >= 0.3 is 6.18 Å². The molecular formula is C20H26F3N5O. The molecule has 0 unspecified atom stereocenters. The number of aryl methyl sites for hydroxylation is 1. The Morgan fingerprint density at radius 1 is 1.24 bits per heavy atom. The first-order chi connectivity index (χ1) is 13.8. The molecule has 0 saturated carbocycles. The average Bonchev–Trinajstić information content (AvgIpc) is 3.08. The lowest BCUT2D eigenvalue weighted by molar-refractivity contribution is -0.137. The minimum absolute atomic E-state index is 0.132. The largest absolute Gasteiger partial charge is 0.416 e. The summed E-state index contributed by atoms with van der Waals surface area (Å²) >= 11 is 0. The summed E-state index contributed by atoms with van der Waals surface area (Å²) in [7, 11) is 1.73. The molecule has 0 amide bonds. The molecule has 1 saturated heterocycles. The minimum atomic E-state index is -4.39. The Hall–Kier alpha value is -2.26. The number of hydrogen-bond acceptors (Lipinski definition) is 5. The number of aromatic nitrogens is 4. The fourth-order valence-electron chi connectivity index (χ4n) is 3.52. The molecule has 29 heavy (non-hydrogen) atoms. The summed E-state index contributed by atoms with van der Waals surface area (Å²) in [6.07, 6.45) is 1.69. The number of methoxy groups -OCH3 is 1. The van der Waals surface area contributed by atoms with Gasteiger partial charge in [0.15, 0.2) is 5.82 Å². The number of hydrogen-bond donors (Lipinski definition) is 0. The van der Waals surface area contributed by atoms with Crippen molar-refractivity contribution in [2.45, 2.75) is 32.5 Å². The number of tetrazole rings is 1. The van der Waals surface area contributed by atoms with E-state index in [1.807, 2.05) is 12.2 Å². The van der Waals surface area contributed by atoms with E-state index >= 15 is 0 Å². The van der Waals surface area contributed by atoms with Gasteiger partial charge in [-0.3, -0.25) is 4.90 Å². The molecule has 0 N–H and O–H groups in total. The maximum atomic E-state index is 13.1. The van der Waals surface area contributed by atoms with Crippen molar-refractivity contribution < 1.29 is 17.9 Å². The quantitative estimate of drug-likeness (QED) is 0.701. The van der Waals surface area contributed by atoms with Crippen LogP contribution in [0.15, 0.2) is 24.3 Å². The molecular weight excluding hydrogens is 383 g/mol. The van der Waals surface area contributed by atoms with Crippen LogP contribution in [0.1, 0.15) is 35.4 Å². The fourth-order valence-corrected chi connectivity index (χ4v) is 3.52. The summed E-state index contributed by atoms with van der Waals surface area (Å²) in [5, 5.41) is 11.7. The predicted molar refractivity (Wildman–Crippen MR) is 103 cm³/mol. The van der Waals surface area contributed by atoms with Gasteiger partial charge in [0.05, 0.1) is 12.1 Å². The van der Waals surface area contributed by atoms with E-state index < -0.39 is 11.7 Å². The minimum Gasteiger partial charge on any atom is -0.384 e. The molecule has 158 valence electrons. The number of likely N-dealkylation sites (tertiary alicyclic amines) is 1. The Kier molecular flexibility index (Phi) is 7.02. The Balaban J connectivity index is 1.69. The van der Waals surface area contributed by atoms with E-state index in [0.29, 0.717) is 17.3 Å². The molecule has 0 aliphatic carbocycles. The highest BCUT2D eigenvalue weighted by Gasteiger charge is 2.31. The molecule has 1 fully saturated rings. The Bertz CT molecular complexity index is 826. The Labute approximate surface area is 168 Å². The number of rotatable bonds is 7. The van der Waals surface area contributed by atoms with Gasteiger partial charge in [0.2, 0.25) is 0 Å². The van der Waals surface area contributed by atoms with Gasteiger partial charge < -0.3 is 4.74 Å². The second kappa shape index (κ2) is 9.49. The molecule has 0 radical (unpaired) electrons. The van der Waals surface area contributed by atoms with Crippen molar-refractivity contribution in [3.63, 3.8) is 0 Å². The number of halogens is 3. The van der Waals surface area contributed by atoms with Gasteiger partial charge in [-0.05, 0) is 67.2 Å². The molecule has 1 aromatic heterocycles. The first-order valence-electron chi connectivity index (χ1n) is 9.67. The van der Waals surface area contributed by atoms with Crippen LogP contribution in [0.25, 0.3) is 6.08 Å². The van der Waals surface area contributed by atoms with Gasteiger partial charge in [-0.15, -0.1) is 10.2 Å². The Morgan fingerprint density at radius 3 is 2.62 bits per heavy atom. The lowest BCUT2D eigenvalue weighted by Crippen LogP contribution is -2.35.